The molecule has 1 aliphatic rings. The van der Waals surface area contributed by atoms with E-state index in [9.17, 15) is 4.79 Å². The van der Waals surface area contributed by atoms with Gasteiger partial charge in [0.05, 0.1) is 11.9 Å². The maximum atomic E-state index is 11.3. The van der Waals surface area contributed by atoms with E-state index in [2.05, 4.69) is 26.8 Å². The molecular formula is C23H20N6O2. The third-order valence-corrected chi connectivity index (χ3v) is 5.34. The van der Waals surface area contributed by atoms with Crippen molar-refractivity contribution in [1.82, 2.24) is 14.4 Å². The van der Waals surface area contributed by atoms with Gasteiger partial charge in [-0.25, -0.2) is 4.98 Å². The average Bonchev–Trinajstić information content (AvgIpc) is 3.35. The highest BCUT2D eigenvalue weighted by molar-refractivity contribution is 6.04. The van der Waals surface area contributed by atoms with Crippen LogP contribution in [0.5, 0.6) is 0 Å². The summed E-state index contributed by atoms with van der Waals surface area (Å²) in [7, 11) is 0. The zero-order chi connectivity index (χ0) is 21.4. The summed E-state index contributed by atoms with van der Waals surface area (Å²) in [6.45, 7) is 1.48. The maximum Gasteiger partial charge on any atom is 0.221 e. The Morgan fingerprint density at radius 3 is 2.71 bits per heavy atom. The molecule has 0 spiro atoms. The van der Waals surface area contributed by atoms with Crippen molar-refractivity contribution in [2.24, 2.45) is 5.16 Å². The molecule has 5 rings (SSSR count). The summed E-state index contributed by atoms with van der Waals surface area (Å²) in [6.07, 6.45) is 6.88. The smallest absolute Gasteiger partial charge is 0.221 e. The molecule has 31 heavy (non-hydrogen) atoms. The molecule has 1 amide bonds. The van der Waals surface area contributed by atoms with Crippen LogP contribution < -0.4 is 10.6 Å². The third-order valence-electron chi connectivity index (χ3n) is 5.34. The summed E-state index contributed by atoms with van der Waals surface area (Å²) in [5.41, 5.74) is 6.93. The SMILES string of the molecule is CC(=O)Nc1ccc(-c2nc3cnccn3c2Nc2ccc3c(c2)CCC3=NO)cc1. The molecule has 2 heterocycles. The van der Waals surface area contributed by atoms with Crippen LogP contribution in [0.4, 0.5) is 17.2 Å². The van der Waals surface area contributed by atoms with Gasteiger partial charge in [0, 0.05) is 41.8 Å². The lowest BCUT2D eigenvalue weighted by molar-refractivity contribution is -0.114. The van der Waals surface area contributed by atoms with Gasteiger partial charge in [0.25, 0.3) is 0 Å². The number of aryl methyl sites for hydroxylation is 1. The van der Waals surface area contributed by atoms with E-state index in [4.69, 9.17) is 10.2 Å². The Bertz CT molecular complexity index is 1320. The van der Waals surface area contributed by atoms with E-state index >= 15 is 0 Å². The molecule has 0 radical (unpaired) electrons. The van der Waals surface area contributed by atoms with Gasteiger partial charge in [-0.3, -0.25) is 14.2 Å². The molecule has 3 N–H and O–H groups in total. The fourth-order valence-corrected chi connectivity index (χ4v) is 3.93. The van der Waals surface area contributed by atoms with Gasteiger partial charge >= 0.3 is 0 Å². The molecule has 0 unspecified atom stereocenters. The Labute approximate surface area is 178 Å². The molecule has 0 bridgehead atoms. The number of amides is 1. The van der Waals surface area contributed by atoms with Gasteiger partial charge in [-0.2, -0.15) is 0 Å². The summed E-state index contributed by atoms with van der Waals surface area (Å²) < 4.78 is 1.96. The van der Waals surface area contributed by atoms with Gasteiger partial charge in [0.1, 0.15) is 11.5 Å². The fourth-order valence-electron chi connectivity index (χ4n) is 3.93. The summed E-state index contributed by atoms with van der Waals surface area (Å²) >= 11 is 0. The maximum absolute atomic E-state index is 11.3. The molecule has 154 valence electrons. The Balaban J connectivity index is 1.55. The first-order chi connectivity index (χ1) is 15.1. The highest BCUT2D eigenvalue weighted by Gasteiger charge is 2.20. The number of hydrogen-bond acceptors (Lipinski definition) is 6. The van der Waals surface area contributed by atoms with E-state index in [1.807, 2.05) is 47.0 Å². The van der Waals surface area contributed by atoms with E-state index in [1.165, 1.54) is 6.92 Å². The normalized spacial score (nSPS) is 14.0. The topological polar surface area (TPSA) is 104 Å². The van der Waals surface area contributed by atoms with Crippen molar-refractivity contribution in [2.45, 2.75) is 19.8 Å². The Morgan fingerprint density at radius 2 is 1.94 bits per heavy atom. The molecule has 0 atom stereocenters. The number of aromatic nitrogens is 3. The first-order valence-corrected chi connectivity index (χ1v) is 9.94. The van der Waals surface area contributed by atoms with Crippen LogP contribution in [0, 0.1) is 0 Å². The number of fused-ring (bicyclic) bond motifs is 2. The molecule has 8 nitrogen and oxygen atoms in total. The number of anilines is 3. The van der Waals surface area contributed by atoms with Crippen LogP contribution in [0.1, 0.15) is 24.5 Å². The minimum absolute atomic E-state index is 0.111. The van der Waals surface area contributed by atoms with Crippen LogP contribution >= 0.6 is 0 Å². The van der Waals surface area contributed by atoms with Gasteiger partial charge in [0.15, 0.2) is 5.65 Å². The van der Waals surface area contributed by atoms with Gasteiger partial charge in [-0.05, 0) is 42.7 Å². The van der Waals surface area contributed by atoms with Gasteiger partial charge in [-0.1, -0.05) is 23.4 Å². The third kappa shape index (κ3) is 3.48. The molecule has 0 saturated heterocycles. The zero-order valence-corrected chi connectivity index (χ0v) is 16.8. The summed E-state index contributed by atoms with van der Waals surface area (Å²) in [6, 6.07) is 13.6. The largest absolute Gasteiger partial charge is 0.411 e. The zero-order valence-electron chi connectivity index (χ0n) is 16.8. The molecule has 0 fully saturated rings. The van der Waals surface area contributed by atoms with Crippen molar-refractivity contribution in [3.05, 3.63) is 72.2 Å². The van der Waals surface area contributed by atoms with Crippen molar-refractivity contribution < 1.29 is 10.0 Å². The van der Waals surface area contributed by atoms with E-state index in [1.54, 1.807) is 12.4 Å². The second-order valence-electron chi connectivity index (χ2n) is 7.42. The standard InChI is InChI=1S/C23H20N6O2/c1-14(30)25-17-5-2-15(3-6-17)22-23(29-11-10-24-13-21(29)27-22)26-18-7-8-19-16(12-18)4-9-20(19)28-31/h2-3,5-8,10-13,26,31H,4,9H2,1H3,(H,25,30). The van der Waals surface area contributed by atoms with Crippen LogP contribution in [-0.4, -0.2) is 31.2 Å². The first-order valence-electron chi connectivity index (χ1n) is 9.94. The molecular weight excluding hydrogens is 392 g/mol. The number of oxime groups is 1. The number of nitrogens with zero attached hydrogens (tertiary/aromatic N) is 4. The molecule has 2 aromatic carbocycles. The van der Waals surface area contributed by atoms with Crippen molar-refractivity contribution in [3.63, 3.8) is 0 Å². The molecule has 0 saturated carbocycles. The summed E-state index contributed by atoms with van der Waals surface area (Å²) in [4.78, 5) is 20.2. The molecule has 0 aliphatic heterocycles. The van der Waals surface area contributed by atoms with Crippen LogP contribution in [-0.2, 0) is 11.2 Å². The number of hydrogen-bond donors (Lipinski definition) is 3. The van der Waals surface area contributed by atoms with E-state index in [-0.39, 0.29) is 5.91 Å². The lowest BCUT2D eigenvalue weighted by Gasteiger charge is -2.11. The van der Waals surface area contributed by atoms with Crippen LogP contribution in [0.15, 0.2) is 66.2 Å². The second kappa shape index (κ2) is 7.56. The van der Waals surface area contributed by atoms with E-state index in [0.717, 1.165) is 63.8 Å². The van der Waals surface area contributed by atoms with Crippen molar-refractivity contribution in [3.8, 4) is 11.3 Å². The molecule has 2 aromatic heterocycles. The predicted octanol–water partition coefficient (Wildman–Crippen LogP) is 4.22. The number of rotatable bonds is 4. The number of nitrogens with one attached hydrogen (secondary N) is 2. The highest BCUT2D eigenvalue weighted by atomic mass is 16.4. The monoisotopic (exact) mass is 412 g/mol. The Kier molecular flexibility index (Phi) is 4.59. The molecule has 4 aromatic rings. The Morgan fingerprint density at radius 1 is 1.13 bits per heavy atom. The predicted molar refractivity (Wildman–Crippen MR) is 119 cm³/mol. The first kappa shape index (κ1) is 18.8. The number of carbonyl (C=O) groups excluding carboxylic acids is 1. The second-order valence-corrected chi connectivity index (χ2v) is 7.42. The summed E-state index contributed by atoms with van der Waals surface area (Å²) in [5.74, 6) is 0.707. The number of carbonyl (C=O) groups is 1. The lowest BCUT2D eigenvalue weighted by atomic mass is 10.1. The molecule has 1 aliphatic carbocycles. The Hall–Kier alpha value is -4.20. The van der Waals surface area contributed by atoms with E-state index in [0.29, 0.717) is 0 Å². The quantitative estimate of drug-likeness (QED) is 0.344. The highest BCUT2D eigenvalue weighted by Crippen LogP contribution is 2.33. The lowest BCUT2D eigenvalue weighted by Crippen LogP contribution is -2.05. The van der Waals surface area contributed by atoms with Crippen molar-refractivity contribution in [2.75, 3.05) is 10.6 Å². The van der Waals surface area contributed by atoms with Crippen molar-refractivity contribution in [1.29, 1.82) is 0 Å². The van der Waals surface area contributed by atoms with Crippen LogP contribution in [0.25, 0.3) is 16.9 Å². The van der Waals surface area contributed by atoms with Gasteiger partial charge < -0.3 is 15.8 Å². The fraction of sp³-hybridized carbons (Fsp3) is 0.130. The minimum Gasteiger partial charge on any atom is -0.411 e. The summed E-state index contributed by atoms with van der Waals surface area (Å²) in [5, 5.41) is 18.9. The van der Waals surface area contributed by atoms with Gasteiger partial charge in [-0.15, -0.1) is 0 Å². The number of benzene rings is 2. The average molecular weight is 412 g/mol. The van der Waals surface area contributed by atoms with Crippen molar-refractivity contribution >= 4 is 34.5 Å². The van der Waals surface area contributed by atoms with Crippen LogP contribution in [0.3, 0.4) is 0 Å². The molecule has 8 heteroatoms. The van der Waals surface area contributed by atoms with E-state index < -0.39 is 0 Å². The van der Waals surface area contributed by atoms with Gasteiger partial charge in [0.2, 0.25) is 5.91 Å². The number of imidazole rings is 1. The minimum atomic E-state index is -0.111. The van der Waals surface area contributed by atoms with Crippen LogP contribution in [0.2, 0.25) is 0 Å².